The molecule has 0 amide bonds. The van der Waals surface area contributed by atoms with E-state index in [2.05, 4.69) is 0 Å². The number of ether oxygens (including phenoxy) is 1. The van der Waals surface area contributed by atoms with Crippen LogP contribution < -0.4 is 0 Å². The second kappa shape index (κ2) is 7.24. The summed E-state index contributed by atoms with van der Waals surface area (Å²) in [5.41, 5.74) is -7.44. The standard InChI is InChI=1S/C22H24Cl2F2O6/c1-19-5-3-10(27)7-13(19)14(25)8-12-11-4-6-21(18(30)31,32-17(29)16(23)24)20(11,2)9-15(28)22(12,19)26/h3,5,7,11-12,14-16,28H,4,6,8-9H2,1-2H3,(H,30,31)/t11-,12-,14-,15-,19-,20-,21-,22-/m0/s1. The lowest BCUT2D eigenvalue weighted by Gasteiger charge is -2.62. The molecule has 0 spiro atoms. The predicted octanol–water partition coefficient (Wildman–Crippen LogP) is 3.48. The lowest BCUT2D eigenvalue weighted by atomic mass is 9.44. The number of allylic oxidation sites excluding steroid dienone is 4. The number of aliphatic hydroxyl groups is 1. The maximum Gasteiger partial charge on any atom is 0.348 e. The first-order chi connectivity index (χ1) is 14.7. The van der Waals surface area contributed by atoms with Crippen molar-refractivity contribution in [1.82, 2.24) is 0 Å². The largest absolute Gasteiger partial charge is 0.478 e. The van der Waals surface area contributed by atoms with Crippen LogP contribution in [0.1, 0.15) is 39.5 Å². The number of rotatable bonds is 3. The van der Waals surface area contributed by atoms with Gasteiger partial charge in [-0.25, -0.2) is 18.4 Å². The van der Waals surface area contributed by atoms with E-state index in [4.69, 9.17) is 27.9 Å². The Bertz CT molecular complexity index is 953. The predicted molar refractivity (Wildman–Crippen MR) is 111 cm³/mol. The van der Waals surface area contributed by atoms with E-state index in [0.717, 1.165) is 6.08 Å². The third kappa shape index (κ3) is 2.75. The van der Waals surface area contributed by atoms with E-state index in [9.17, 15) is 24.6 Å². The van der Waals surface area contributed by atoms with Gasteiger partial charge in [-0.05, 0) is 56.3 Å². The third-order valence-corrected chi connectivity index (χ3v) is 8.90. The van der Waals surface area contributed by atoms with Crippen LogP contribution in [0.5, 0.6) is 0 Å². The molecule has 8 atom stereocenters. The Balaban J connectivity index is 1.83. The number of alkyl halides is 4. The molecular formula is C22H24Cl2F2O6. The summed E-state index contributed by atoms with van der Waals surface area (Å²) < 4.78 is 37.6. The normalized spacial score (nSPS) is 47.4. The van der Waals surface area contributed by atoms with Crippen LogP contribution in [0, 0.1) is 22.7 Å². The van der Waals surface area contributed by atoms with Crippen molar-refractivity contribution in [2.24, 2.45) is 22.7 Å². The molecule has 0 bridgehead atoms. The van der Waals surface area contributed by atoms with E-state index in [1.165, 1.54) is 26.0 Å². The van der Waals surface area contributed by atoms with Crippen molar-refractivity contribution in [2.45, 2.75) is 67.9 Å². The van der Waals surface area contributed by atoms with Gasteiger partial charge < -0.3 is 14.9 Å². The summed E-state index contributed by atoms with van der Waals surface area (Å²) in [5.74, 6) is -4.85. The van der Waals surface area contributed by atoms with Crippen LogP contribution >= 0.6 is 23.2 Å². The van der Waals surface area contributed by atoms with Crippen LogP contribution in [0.4, 0.5) is 8.78 Å². The smallest absolute Gasteiger partial charge is 0.348 e. The van der Waals surface area contributed by atoms with Gasteiger partial charge in [0.25, 0.3) is 0 Å². The number of hydrogen-bond donors (Lipinski definition) is 2. The number of aliphatic hydroxyl groups excluding tert-OH is 1. The van der Waals surface area contributed by atoms with Gasteiger partial charge in [0.1, 0.15) is 6.17 Å². The van der Waals surface area contributed by atoms with Crippen molar-refractivity contribution in [3.8, 4) is 0 Å². The molecule has 6 nitrogen and oxygen atoms in total. The Morgan fingerprint density at radius 3 is 2.53 bits per heavy atom. The highest BCUT2D eigenvalue weighted by Gasteiger charge is 2.77. The van der Waals surface area contributed by atoms with Crippen molar-refractivity contribution < 1.29 is 38.1 Å². The Morgan fingerprint density at radius 2 is 1.94 bits per heavy atom. The molecule has 0 unspecified atom stereocenters. The SMILES string of the molecule is C[C@]12C=CC(=O)C=C1[C@@H](F)C[C@H]1[C@@H]3CC[C@](OC(=O)C(Cl)Cl)(C(=O)O)[C@@]3(C)C[C@H](O)[C@@]12F. The second-order valence-electron chi connectivity index (χ2n) is 9.75. The minimum absolute atomic E-state index is 0.0209. The van der Waals surface area contributed by atoms with Gasteiger partial charge in [-0.1, -0.05) is 36.2 Å². The fourth-order valence-corrected chi connectivity index (χ4v) is 7.06. The van der Waals surface area contributed by atoms with Crippen LogP contribution in [0.3, 0.4) is 0 Å². The van der Waals surface area contributed by atoms with Crippen LogP contribution in [0.25, 0.3) is 0 Å². The van der Waals surface area contributed by atoms with Crippen molar-refractivity contribution in [2.75, 3.05) is 0 Å². The van der Waals surface area contributed by atoms with Gasteiger partial charge in [-0.3, -0.25) is 4.79 Å². The van der Waals surface area contributed by atoms with Gasteiger partial charge in [0.2, 0.25) is 10.4 Å². The van der Waals surface area contributed by atoms with Gasteiger partial charge in [-0.15, -0.1) is 0 Å². The molecule has 0 saturated heterocycles. The number of aliphatic carboxylic acids is 1. The number of carbonyl (C=O) groups is 3. The van der Waals surface area contributed by atoms with Crippen molar-refractivity contribution in [3.05, 3.63) is 23.8 Å². The third-order valence-electron chi connectivity index (χ3n) is 8.55. The van der Waals surface area contributed by atoms with Crippen LogP contribution in [-0.4, -0.2) is 56.3 Å². The number of halogens is 4. The zero-order chi connectivity index (χ0) is 23.9. The number of esters is 1. The molecule has 4 aliphatic rings. The molecule has 0 aromatic rings. The van der Waals surface area contributed by atoms with E-state index in [-0.39, 0.29) is 31.3 Å². The molecule has 0 aromatic heterocycles. The maximum atomic E-state index is 17.0. The minimum Gasteiger partial charge on any atom is -0.478 e. The van der Waals surface area contributed by atoms with Crippen LogP contribution in [-0.2, 0) is 19.1 Å². The van der Waals surface area contributed by atoms with E-state index in [1.54, 1.807) is 0 Å². The lowest BCUT2D eigenvalue weighted by molar-refractivity contribution is -0.233. The Morgan fingerprint density at radius 1 is 1.28 bits per heavy atom. The summed E-state index contributed by atoms with van der Waals surface area (Å²) >= 11 is 11.2. The summed E-state index contributed by atoms with van der Waals surface area (Å²) in [5, 5.41) is 21.3. The number of carboxylic acids is 1. The van der Waals surface area contributed by atoms with E-state index >= 15 is 8.78 Å². The first kappa shape index (κ1) is 23.6. The number of ketones is 1. The molecule has 32 heavy (non-hydrogen) atoms. The average molecular weight is 493 g/mol. The molecule has 176 valence electrons. The van der Waals surface area contributed by atoms with Crippen LogP contribution in [0.2, 0.25) is 0 Å². The van der Waals surface area contributed by atoms with Gasteiger partial charge in [0, 0.05) is 16.7 Å². The molecule has 3 fully saturated rings. The summed E-state index contributed by atoms with van der Waals surface area (Å²) in [6.45, 7) is 2.98. The number of hydrogen-bond acceptors (Lipinski definition) is 5. The van der Waals surface area contributed by atoms with Gasteiger partial charge in [0.05, 0.1) is 6.10 Å². The fraction of sp³-hybridized carbons (Fsp3) is 0.682. The highest BCUT2D eigenvalue weighted by Crippen LogP contribution is 2.70. The Labute approximate surface area is 193 Å². The fourth-order valence-electron chi connectivity index (χ4n) is 6.97. The monoisotopic (exact) mass is 492 g/mol. The van der Waals surface area contributed by atoms with Crippen molar-refractivity contribution >= 4 is 40.9 Å². The molecule has 0 radical (unpaired) electrons. The highest BCUT2D eigenvalue weighted by molar-refractivity contribution is 6.53. The highest BCUT2D eigenvalue weighted by atomic mass is 35.5. The maximum absolute atomic E-state index is 17.0. The molecule has 4 aliphatic carbocycles. The molecule has 10 heteroatoms. The number of carbonyl (C=O) groups excluding carboxylic acids is 2. The molecule has 0 heterocycles. The van der Waals surface area contributed by atoms with E-state index < -0.39 is 68.8 Å². The Kier molecular flexibility index (Phi) is 5.35. The molecule has 2 N–H and O–H groups in total. The quantitative estimate of drug-likeness (QED) is 0.462. The van der Waals surface area contributed by atoms with Crippen molar-refractivity contribution in [3.63, 3.8) is 0 Å². The molecule has 0 aromatic carbocycles. The van der Waals surface area contributed by atoms with Crippen LogP contribution in [0.15, 0.2) is 23.8 Å². The molecule has 4 rings (SSSR count). The molecule has 3 saturated carbocycles. The lowest BCUT2D eigenvalue weighted by Crippen LogP contribution is -2.70. The summed E-state index contributed by atoms with van der Waals surface area (Å²) in [4.78, 5) is 34.8. The molecule has 0 aliphatic heterocycles. The Hall–Kier alpha value is -1.51. The second-order valence-corrected chi connectivity index (χ2v) is 10.8. The zero-order valence-corrected chi connectivity index (χ0v) is 19.0. The summed E-state index contributed by atoms with van der Waals surface area (Å²) in [6, 6.07) is 0. The molecular weight excluding hydrogens is 469 g/mol. The van der Waals surface area contributed by atoms with E-state index in [0.29, 0.717) is 0 Å². The topological polar surface area (TPSA) is 101 Å². The summed E-state index contributed by atoms with van der Waals surface area (Å²) in [6.07, 6.45) is -0.477. The van der Waals surface area contributed by atoms with E-state index in [1.807, 2.05) is 0 Å². The van der Waals surface area contributed by atoms with Gasteiger partial charge in [0.15, 0.2) is 11.5 Å². The summed E-state index contributed by atoms with van der Waals surface area (Å²) in [7, 11) is 0. The first-order valence-corrected chi connectivity index (χ1v) is 11.3. The minimum atomic E-state index is -2.34. The number of fused-ring (bicyclic) bond motifs is 5. The van der Waals surface area contributed by atoms with Crippen molar-refractivity contribution in [1.29, 1.82) is 0 Å². The average Bonchev–Trinajstić information content (AvgIpc) is 2.99. The first-order valence-electron chi connectivity index (χ1n) is 10.5. The zero-order valence-electron chi connectivity index (χ0n) is 17.5. The number of carboxylic acid groups (broad SMARTS) is 1. The van der Waals surface area contributed by atoms with Gasteiger partial charge in [-0.2, -0.15) is 0 Å². The van der Waals surface area contributed by atoms with Gasteiger partial charge >= 0.3 is 11.9 Å².